The molecule has 0 amide bonds. The maximum atomic E-state index is 11.3. The van der Waals surface area contributed by atoms with Gasteiger partial charge in [-0.05, 0) is 19.1 Å². The van der Waals surface area contributed by atoms with E-state index in [1.807, 2.05) is 18.7 Å². The SMILES string of the molecule is CCSCC(C)NC(CC)C(=O)OC. The summed E-state index contributed by atoms with van der Waals surface area (Å²) in [6.07, 6.45) is 0.772. The van der Waals surface area contributed by atoms with Crippen LogP contribution in [0.3, 0.4) is 0 Å². The fourth-order valence-electron chi connectivity index (χ4n) is 1.18. The number of esters is 1. The summed E-state index contributed by atoms with van der Waals surface area (Å²) in [6.45, 7) is 6.21. The molecule has 0 rings (SSSR count). The van der Waals surface area contributed by atoms with Crippen LogP contribution in [0, 0.1) is 0 Å². The monoisotopic (exact) mass is 219 g/mol. The lowest BCUT2D eigenvalue weighted by Crippen LogP contribution is -2.43. The highest BCUT2D eigenvalue weighted by atomic mass is 32.2. The molecule has 0 aliphatic carbocycles. The number of rotatable bonds is 7. The summed E-state index contributed by atoms with van der Waals surface area (Å²) < 4.78 is 4.70. The largest absolute Gasteiger partial charge is 0.468 e. The second kappa shape index (κ2) is 8.12. The van der Waals surface area contributed by atoms with Gasteiger partial charge in [0.05, 0.1) is 7.11 Å². The van der Waals surface area contributed by atoms with Crippen molar-refractivity contribution in [3.05, 3.63) is 0 Å². The van der Waals surface area contributed by atoms with Crippen molar-refractivity contribution >= 4 is 17.7 Å². The summed E-state index contributed by atoms with van der Waals surface area (Å²) >= 11 is 1.87. The molecule has 14 heavy (non-hydrogen) atoms. The van der Waals surface area contributed by atoms with Crippen LogP contribution in [-0.2, 0) is 9.53 Å². The fourth-order valence-corrected chi connectivity index (χ4v) is 1.87. The Kier molecular flexibility index (Phi) is 7.99. The van der Waals surface area contributed by atoms with Crippen molar-refractivity contribution < 1.29 is 9.53 Å². The Morgan fingerprint density at radius 1 is 1.50 bits per heavy atom. The number of carbonyl (C=O) groups excluding carboxylic acids is 1. The van der Waals surface area contributed by atoms with Gasteiger partial charge in [-0.1, -0.05) is 13.8 Å². The highest BCUT2D eigenvalue weighted by Gasteiger charge is 2.18. The predicted octanol–water partition coefficient (Wildman–Crippen LogP) is 1.67. The van der Waals surface area contributed by atoms with E-state index in [9.17, 15) is 4.79 Å². The molecule has 4 heteroatoms. The van der Waals surface area contributed by atoms with Crippen molar-refractivity contribution in [2.45, 2.75) is 39.3 Å². The molecule has 2 unspecified atom stereocenters. The summed E-state index contributed by atoms with van der Waals surface area (Å²) in [5.41, 5.74) is 0. The zero-order chi connectivity index (χ0) is 11.0. The molecule has 0 spiro atoms. The van der Waals surface area contributed by atoms with Gasteiger partial charge in [-0.25, -0.2) is 0 Å². The summed E-state index contributed by atoms with van der Waals surface area (Å²) in [4.78, 5) is 11.3. The first kappa shape index (κ1) is 13.8. The first-order chi connectivity index (χ1) is 6.65. The van der Waals surface area contributed by atoms with Gasteiger partial charge in [0.25, 0.3) is 0 Å². The van der Waals surface area contributed by atoms with Gasteiger partial charge < -0.3 is 10.1 Å². The molecule has 0 fully saturated rings. The summed E-state index contributed by atoms with van der Waals surface area (Å²) in [5, 5.41) is 3.26. The molecule has 0 aliphatic heterocycles. The summed E-state index contributed by atoms with van der Waals surface area (Å²) in [6, 6.07) is 0.191. The lowest BCUT2D eigenvalue weighted by Gasteiger charge is -2.19. The van der Waals surface area contributed by atoms with Crippen LogP contribution >= 0.6 is 11.8 Å². The first-order valence-corrected chi connectivity index (χ1v) is 6.22. The standard InChI is InChI=1S/C10H21NO2S/c1-5-9(10(12)13-4)11-8(3)7-14-6-2/h8-9,11H,5-7H2,1-4H3. The molecule has 84 valence electrons. The minimum atomic E-state index is -0.166. The highest BCUT2D eigenvalue weighted by molar-refractivity contribution is 7.99. The Balaban J connectivity index is 3.85. The first-order valence-electron chi connectivity index (χ1n) is 5.07. The maximum absolute atomic E-state index is 11.3. The van der Waals surface area contributed by atoms with Crippen LogP contribution in [0.5, 0.6) is 0 Å². The Morgan fingerprint density at radius 3 is 2.57 bits per heavy atom. The molecule has 2 atom stereocenters. The Hall–Kier alpha value is -0.220. The van der Waals surface area contributed by atoms with Crippen LogP contribution in [0.4, 0.5) is 0 Å². The van der Waals surface area contributed by atoms with E-state index in [4.69, 9.17) is 4.74 Å². The molecular formula is C10H21NO2S. The van der Waals surface area contributed by atoms with Gasteiger partial charge >= 0.3 is 5.97 Å². The normalized spacial score (nSPS) is 14.9. The summed E-state index contributed by atoms with van der Waals surface area (Å²) in [7, 11) is 1.43. The van der Waals surface area contributed by atoms with Gasteiger partial charge in [-0.3, -0.25) is 4.79 Å². The molecule has 3 nitrogen and oxygen atoms in total. The predicted molar refractivity (Wildman–Crippen MR) is 61.7 cm³/mol. The van der Waals surface area contributed by atoms with E-state index in [1.165, 1.54) is 7.11 Å². The number of hydrogen-bond acceptors (Lipinski definition) is 4. The number of methoxy groups -OCH3 is 1. The van der Waals surface area contributed by atoms with Crippen LogP contribution in [-0.4, -0.2) is 36.7 Å². The third kappa shape index (κ3) is 5.50. The lowest BCUT2D eigenvalue weighted by atomic mass is 10.2. The minimum Gasteiger partial charge on any atom is -0.468 e. The van der Waals surface area contributed by atoms with E-state index in [0.717, 1.165) is 17.9 Å². The molecule has 0 aromatic carbocycles. The molecule has 1 N–H and O–H groups in total. The van der Waals surface area contributed by atoms with E-state index < -0.39 is 0 Å². The minimum absolute atomic E-state index is 0.160. The van der Waals surface area contributed by atoms with Crippen molar-refractivity contribution in [2.75, 3.05) is 18.6 Å². The van der Waals surface area contributed by atoms with Crippen LogP contribution in [0.1, 0.15) is 27.2 Å². The number of hydrogen-bond donors (Lipinski definition) is 1. The van der Waals surface area contributed by atoms with Gasteiger partial charge in [0, 0.05) is 11.8 Å². The van der Waals surface area contributed by atoms with E-state index >= 15 is 0 Å². The Bertz CT molecular complexity index is 164. The van der Waals surface area contributed by atoms with Gasteiger partial charge in [0.15, 0.2) is 0 Å². The van der Waals surface area contributed by atoms with Gasteiger partial charge in [-0.15, -0.1) is 0 Å². The second-order valence-electron chi connectivity index (χ2n) is 3.21. The zero-order valence-electron chi connectivity index (χ0n) is 9.50. The Labute approximate surface area is 91.0 Å². The molecule has 0 aromatic rings. The smallest absolute Gasteiger partial charge is 0.322 e. The molecule has 0 saturated heterocycles. The van der Waals surface area contributed by atoms with E-state index in [-0.39, 0.29) is 12.0 Å². The molecule has 0 bridgehead atoms. The quantitative estimate of drug-likeness (QED) is 0.661. The van der Waals surface area contributed by atoms with Gasteiger partial charge in [0.2, 0.25) is 0 Å². The van der Waals surface area contributed by atoms with Crippen molar-refractivity contribution in [3.8, 4) is 0 Å². The van der Waals surface area contributed by atoms with Crippen LogP contribution < -0.4 is 5.32 Å². The van der Waals surface area contributed by atoms with Gasteiger partial charge in [0.1, 0.15) is 6.04 Å². The summed E-state index contributed by atoms with van der Waals surface area (Å²) in [5.74, 6) is 1.98. The highest BCUT2D eigenvalue weighted by Crippen LogP contribution is 2.03. The maximum Gasteiger partial charge on any atom is 0.322 e. The number of nitrogens with one attached hydrogen (secondary N) is 1. The van der Waals surface area contributed by atoms with Crippen molar-refractivity contribution in [2.24, 2.45) is 0 Å². The van der Waals surface area contributed by atoms with Crippen molar-refractivity contribution in [1.82, 2.24) is 5.32 Å². The van der Waals surface area contributed by atoms with Crippen LogP contribution in [0.15, 0.2) is 0 Å². The van der Waals surface area contributed by atoms with E-state index in [0.29, 0.717) is 6.04 Å². The number of ether oxygens (including phenoxy) is 1. The molecule has 0 radical (unpaired) electrons. The molecule has 0 heterocycles. The number of thioether (sulfide) groups is 1. The Morgan fingerprint density at radius 2 is 2.14 bits per heavy atom. The van der Waals surface area contributed by atoms with Crippen LogP contribution in [0.2, 0.25) is 0 Å². The van der Waals surface area contributed by atoms with E-state index in [1.54, 1.807) is 0 Å². The van der Waals surface area contributed by atoms with Gasteiger partial charge in [-0.2, -0.15) is 11.8 Å². The second-order valence-corrected chi connectivity index (χ2v) is 4.53. The molecular weight excluding hydrogens is 198 g/mol. The topological polar surface area (TPSA) is 38.3 Å². The zero-order valence-corrected chi connectivity index (χ0v) is 10.3. The molecule has 0 aliphatic rings. The third-order valence-electron chi connectivity index (χ3n) is 1.95. The van der Waals surface area contributed by atoms with Crippen molar-refractivity contribution in [1.29, 1.82) is 0 Å². The number of carbonyl (C=O) groups is 1. The molecule has 0 aromatic heterocycles. The third-order valence-corrected chi connectivity index (χ3v) is 3.10. The van der Waals surface area contributed by atoms with E-state index in [2.05, 4.69) is 19.2 Å². The molecule has 0 saturated carbocycles. The fraction of sp³-hybridized carbons (Fsp3) is 0.900. The average molecular weight is 219 g/mol. The lowest BCUT2D eigenvalue weighted by molar-refractivity contribution is -0.143. The van der Waals surface area contributed by atoms with Crippen LogP contribution in [0.25, 0.3) is 0 Å². The van der Waals surface area contributed by atoms with Crippen molar-refractivity contribution in [3.63, 3.8) is 0 Å². The average Bonchev–Trinajstić information content (AvgIpc) is 2.21.